The lowest BCUT2D eigenvalue weighted by molar-refractivity contribution is -0.119. The van der Waals surface area contributed by atoms with Crippen LogP contribution < -0.4 is 10.5 Å². The Morgan fingerprint density at radius 2 is 1.75 bits per heavy atom. The highest BCUT2D eigenvalue weighted by molar-refractivity contribution is 5.93. The van der Waals surface area contributed by atoms with Crippen molar-refractivity contribution in [2.75, 3.05) is 4.90 Å². The Bertz CT molecular complexity index is 917. The van der Waals surface area contributed by atoms with Crippen molar-refractivity contribution < 1.29 is 4.79 Å². The van der Waals surface area contributed by atoms with Crippen molar-refractivity contribution in [2.24, 2.45) is 0 Å². The summed E-state index contributed by atoms with van der Waals surface area (Å²) in [5.41, 5.74) is 0.560. The summed E-state index contributed by atoms with van der Waals surface area (Å²) in [6, 6.07) is 16.7. The number of hydrogen-bond acceptors (Lipinski definition) is 3. The van der Waals surface area contributed by atoms with Gasteiger partial charge >= 0.3 is 0 Å². The SMILES string of the molecule is CC(C)N(C(=O)Cn1ncc2ccccc2c1=O)c1ccccc1. The summed E-state index contributed by atoms with van der Waals surface area (Å²) < 4.78 is 1.23. The first-order valence-electron chi connectivity index (χ1n) is 7.90. The lowest BCUT2D eigenvalue weighted by Gasteiger charge is -2.27. The zero-order valence-corrected chi connectivity index (χ0v) is 13.7. The Balaban J connectivity index is 1.94. The maximum Gasteiger partial charge on any atom is 0.275 e. The van der Waals surface area contributed by atoms with E-state index in [1.54, 1.807) is 23.2 Å². The van der Waals surface area contributed by atoms with Crippen LogP contribution in [0.15, 0.2) is 65.6 Å². The summed E-state index contributed by atoms with van der Waals surface area (Å²) in [6.45, 7) is 3.81. The van der Waals surface area contributed by atoms with Gasteiger partial charge < -0.3 is 4.90 Å². The van der Waals surface area contributed by atoms with Gasteiger partial charge in [-0.15, -0.1) is 0 Å². The zero-order chi connectivity index (χ0) is 17.1. The third-order valence-electron chi connectivity index (χ3n) is 3.87. The van der Waals surface area contributed by atoms with E-state index in [-0.39, 0.29) is 24.1 Å². The van der Waals surface area contributed by atoms with Gasteiger partial charge in [0, 0.05) is 17.1 Å². The first kappa shape index (κ1) is 15.9. The van der Waals surface area contributed by atoms with Crippen LogP contribution in [0.5, 0.6) is 0 Å². The average Bonchev–Trinajstić information content (AvgIpc) is 2.58. The second-order valence-electron chi connectivity index (χ2n) is 5.89. The van der Waals surface area contributed by atoms with Gasteiger partial charge in [-0.2, -0.15) is 5.10 Å². The van der Waals surface area contributed by atoms with E-state index < -0.39 is 0 Å². The van der Waals surface area contributed by atoms with E-state index in [0.717, 1.165) is 11.1 Å². The fourth-order valence-electron chi connectivity index (χ4n) is 2.76. The van der Waals surface area contributed by atoms with E-state index >= 15 is 0 Å². The smallest absolute Gasteiger partial charge is 0.275 e. The number of fused-ring (bicyclic) bond motifs is 1. The minimum atomic E-state index is -0.252. The third-order valence-corrected chi connectivity index (χ3v) is 3.87. The Morgan fingerprint density at radius 1 is 1.08 bits per heavy atom. The molecule has 1 heterocycles. The molecule has 0 unspecified atom stereocenters. The van der Waals surface area contributed by atoms with Gasteiger partial charge in [-0.05, 0) is 32.0 Å². The molecule has 3 aromatic rings. The molecule has 0 radical (unpaired) electrons. The Labute approximate surface area is 140 Å². The van der Waals surface area contributed by atoms with Crippen LogP contribution in [-0.2, 0) is 11.3 Å². The number of amides is 1. The summed E-state index contributed by atoms with van der Waals surface area (Å²) in [5, 5.41) is 5.48. The molecule has 0 N–H and O–H groups in total. The van der Waals surface area contributed by atoms with E-state index in [1.165, 1.54) is 4.68 Å². The van der Waals surface area contributed by atoms with Crippen LogP contribution in [0.4, 0.5) is 5.69 Å². The van der Waals surface area contributed by atoms with Crippen molar-refractivity contribution in [2.45, 2.75) is 26.4 Å². The number of benzene rings is 2. The Morgan fingerprint density at radius 3 is 2.46 bits per heavy atom. The molecule has 2 aromatic carbocycles. The van der Waals surface area contributed by atoms with E-state index in [1.807, 2.05) is 56.3 Å². The monoisotopic (exact) mass is 321 g/mol. The van der Waals surface area contributed by atoms with Crippen LogP contribution in [0.2, 0.25) is 0 Å². The molecule has 122 valence electrons. The summed E-state index contributed by atoms with van der Waals surface area (Å²) in [4.78, 5) is 27.0. The van der Waals surface area contributed by atoms with Gasteiger partial charge in [0.15, 0.2) is 0 Å². The fraction of sp³-hybridized carbons (Fsp3) is 0.211. The summed E-state index contributed by atoms with van der Waals surface area (Å²) >= 11 is 0. The van der Waals surface area contributed by atoms with Crippen LogP contribution in [0.1, 0.15) is 13.8 Å². The normalized spacial score (nSPS) is 11.0. The van der Waals surface area contributed by atoms with Crippen molar-refractivity contribution in [1.82, 2.24) is 9.78 Å². The predicted molar refractivity (Wildman–Crippen MR) is 95.1 cm³/mol. The number of anilines is 1. The molecular weight excluding hydrogens is 302 g/mol. The topological polar surface area (TPSA) is 55.2 Å². The van der Waals surface area contributed by atoms with Gasteiger partial charge in [0.05, 0.1) is 11.6 Å². The molecule has 24 heavy (non-hydrogen) atoms. The molecule has 5 nitrogen and oxygen atoms in total. The lowest BCUT2D eigenvalue weighted by Crippen LogP contribution is -2.41. The number of carbonyl (C=O) groups is 1. The summed E-state index contributed by atoms with van der Waals surface area (Å²) in [6.07, 6.45) is 1.62. The maximum atomic E-state index is 12.8. The van der Waals surface area contributed by atoms with Gasteiger partial charge in [-0.1, -0.05) is 36.4 Å². The Kier molecular flexibility index (Phi) is 4.42. The van der Waals surface area contributed by atoms with Crippen LogP contribution in [0, 0.1) is 0 Å². The zero-order valence-electron chi connectivity index (χ0n) is 13.7. The van der Waals surface area contributed by atoms with Crippen molar-refractivity contribution >= 4 is 22.4 Å². The van der Waals surface area contributed by atoms with Crippen LogP contribution >= 0.6 is 0 Å². The lowest BCUT2D eigenvalue weighted by atomic mass is 10.2. The molecule has 0 aliphatic rings. The molecule has 0 bridgehead atoms. The molecule has 0 aliphatic carbocycles. The maximum absolute atomic E-state index is 12.8. The van der Waals surface area contributed by atoms with Crippen LogP contribution in [0.25, 0.3) is 10.8 Å². The standard InChI is InChI=1S/C19H19N3O2/c1-14(2)22(16-9-4-3-5-10-16)18(23)13-21-19(24)17-11-7-6-8-15(17)12-20-21/h3-12,14H,13H2,1-2H3. The second kappa shape index (κ2) is 6.66. The summed E-state index contributed by atoms with van der Waals surface area (Å²) in [5.74, 6) is -0.166. The van der Waals surface area contributed by atoms with Crippen molar-refractivity contribution in [3.8, 4) is 0 Å². The third kappa shape index (κ3) is 3.06. The largest absolute Gasteiger partial charge is 0.308 e. The number of carbonyl (C=O) groups excluding carboxylic acids is 1. The molecule has 1 aromatic heterocycles. The molecular formula is C19H19N3O2. The molecule has 0 fully saturated rings. The first-order chi connectivity index (χ1) is 11.6. The second-order valence-corrected chi connectivity index (χ2v) is 5.89. The van der Waals surface area contributed by atoms with E-state index in [9.17, 15) is 9.59 Å². The van der Waals surface area contributed by atoms with E-state index in [2.05, 4.69) is 5.10 Å². The van der Waals surface area contributed by atoms with Crippen molar-refractivity contribution in [3.05, 3.63) is 71.1 Å². The van der Waals surface area contributed by atoms with Gasteiger partial charge in [-0.25, -0.2) is 4.68 Å². The molecule has 0 saturated carbocycles. The highest BCUT2D eigenvalue weighted by Gasteiger charge is 2.20. The summed E-state index contributed by atoms with van der Waals surface area (Å²) in [7, 11) is 0. The molecule has 5 heteroatoms. The average molecular weight is 321 g/mol. The minimum absolute atomic E-state index is 0.0175. The Hall–Kier alpha value is -2.95. The number of aromatic nitrogens is 2. The molecule has 0 aliphatic heterocycles. The van der Waals surface area contributed by atoms with Crippen LogP contribution in [-0.4, -0.2) is 21.7 Å². The van der Waals surface area contributed by atoms with Gasteiger partial charge in [-0.3, -0.25) is 9.59 Å². The molecule has 0 atom stereocenters. The first-order valence-corrected chi connectivity index (χ1v) is 7.90. The van der Waals surface area contributed by atoms with E-state index in [4.69, 9.17) is 0 Å². The fourth-order valence-corrected chi connectivity index (χ4v) is 2.76. The van der Waals surface area contributed by atoms with Gasteiger partial charge in [0.25, 0.3) is 5.56 Å². The highest BCUT2D eigenvalue weighted by atomic mass is 16.2. The number of nitrogens with zero attached hydrogens (tertiary/aromatic N) is 3. The minimum Gasteiger partial charge on any atom is -0.308 e. The van der Waals surface area contributed by atoms with Crippen molar-refractivity contribution in [1.29, 1.82) is 0 Å². The van der Waals surface area contributed by atoms with Gasteiger partial charge in [0.2, 0.25) is 5.91 Å². The highest BCUT2D eigenvalue weighted by Crippen LogP contribution is 2.17. The molecule has 3 rings (SSSR count). The predicted octanol–water partition coefficient (Wildman–Crippen LogP) is 2.84. The quantitative estimate of drug-likeness (QED) is 0.742. The number of rotatable bonds is 4. The number of hydrogen-bond donors (Lipinski definition) is 0. The molecule has 0 spiro atoms. The van der Waals surface area contributed by atoms with Crippen LogP contribution in [0.3, 0.4) is 0 Å². The van der Waals surface area contributed by atoms with E-state index in [0.29, 0.717) is 5.39 Å². The van der Waals surface area contributed by atoms with Crippen molar-refractivity contribution in [3.63, 3.8) is 0 Å². The van der Waals surface area contributed by atoms with Gasteiger partial charge in [0.1, 0.15) is 6.54 Å². The molecule has 0 saturated heterocycles. The molecule has 1 amide bonds. The number of para-hydroxylation sites is 1.